The Morgan fingerprint density at radius 2 is 2.08 bits per heavy atom. The Kier molecular flexibility index (Phi) is 5.80. The number of aromatic nitrogens is 2. The number of aliphatic carboxylic acids is 1. The summed E-state index contributed by atoms with van der Waals surface area (Å²) in [7, 11) is 1.86. The second-order valence-corrected chi connectivity index (χ2v) is 5.98. The van der Waals surface area contributed by atoms with Crippen molar-refractivity contribution >= 4 is 11.9 Å². The van der Waals surface area contributed by atoms with Crippen molar-refractivity contribution in [3.8, 4) is 5.75 Å². The fourth-order valence-corrected chi connectivity index (χ4v) is 2.78. The highest BCUT2D eigenvalue weighted by atomic mass is 16.5. The van der Waals surface area contributed by atoms with Crippen LogP contribution in [0.15, 0.2) is 24.3 Å². The number of amides is 1. The molecule has 25 heavy (non-hydrogen) atoms. The SMILES string of the molecule is Cc1nn(C)c(C)c1C(C)C(=O)NCc1cccc(OCC(=O)O)c1. The van der Waals surface area contributed by atoms with Crippen LogP contribution in [-0.4, -0.2) is 33.4 Å². The molecule has 2 rings (SSSR count). The number of nitrogens with zero attached hydrogens (tertiary/aromatic N) is 2. The van der Waals surface area contributed by atoms with E-state index in [9.17, 15) is 9.59 Å². The molecule has 0 saturated carbocycles. The molecule has 1 aromatic carbocycles. The topological polar surface area (TPSA) is 93.5 Å². The van der Waals surface area contributed by atoms with E-state index in [1.807, 2.05) is 33.9 Å². The van der Waals surface area contributed by atoms with Gasteiger partial charge in [0.15, 0.2) is 6.61 Å². The number of aryl methyl sites for hydroxylation is 2. The molecular formula is C18H23N3O4. The van der Waals surface area contributed by atoms with Crippen molar-refractivity contribution < 1.29 is 19.4 Å². The summed E-state index contributed by atoms with van der Waals surface area (Å²) >= 11 is 0. The van der Waals surface area contributed by atoms with E-state index in [0.717, 1.165) is 22.5 Å². The van der Waals surface area contributed by atoms with Gasteiger partial charge in [-0.3, -0.25) is 9.48 Å². The minimum atomic E-state index is -1.03. The zero-order chi connectivity index (χ0) is 18.6. The molecule has 1 atom stereocenters. The lowest BCUT2D eigenvalue weighted by atomic mass is 9.98. The molecule has 2 aromatic rings. The van der Waals surface area contributed by atoms with Gasteiger partial charge in [-0.25, -0.2) is 4.79 Å². The Labute approximate surface area is 146 Å². The van der Waals surface area contributed by atoms with Gasteiger partial charge in [0.05, 0.1) is 11.6 Å². The maximum Gasteiger partial charge on any atom is 0.341 e. The van der Waals surface area contributed by atoms with Crippen LogP contribution in [0.3, 0.4) is 0 Å². The van der Waals surface area contributed by atoms with Crippen LogP contribution in [0.2, 0.25) is 0 Å². The number of nitrogens with one attached hydrogen (secondary N) is 1. The highest BCUT2D eigenvalue weighted by Crippen LogP contribution is 2.23. The number of ether oxygens (including phenoxy) is 1. The first-order valence-corrected chi connectivity index (χ1v) is 8.01. The zero-order valence-electron chi connectivity index (χ0n) is 14.9. The first-order chi connectivity index (χ1) is 11.8. The van der Waals surface area contributed by atoms with E-state index < -0.39 is 12.6 Å². The fourth-order valence-electron chi connectivity index (χ4n) is 2.78. The standard InChI is InChI=1S/C18H23N3O4/c1-11(17-12(2)20-21(4)13(17)3)18(24)19-9-14-6-5-7-15(8-14)25-10-16(22)23/h5-8,11H,9-10H2,1-4H3,(H,19,24)(H,22,23). The molecule has 1 heterocycles. The lowest BCUT2D eigenvalue weighted by Gasteiger charge is -2.13. The summed E-state index contributed by atoms with van der Waals surface area (Å²) in [6, 6.07) is 7.00. The smallest absolute Gasteiger partial charge is 0.341 e. The van der Waals surface area contributed by atoms with Crippen LogP contribution in [0, 0.1) is 13.8 Å². The highest BCUT2D eigenvalue weighted by Gasteiger charge is 2.22. The summed E-state index contributed by atoms with van der Waals surface area (Å²) in [6.45, 7) is 5.65. The van der Waals surface area contributed by atoms with E-state index in [0.29, 0.717) is 12.3 Å². The Bertz CT molecular complexity index is 783. The minimum Gasteiger partial charge on any atom is -0.482 e. The van der Waals surface area contributed by atoms with Crippen LogP contribution in [-0.2, 0) is 23.2 Å². The number of rotatable bonds is 7. The predicted molar refractivity (Wildman–Crippen MR) is 92.5 cm³/mol. The van der Waals surface area contributed by atoms with Crippen LogP contribution >= 0.6 is 0 Å². The number of carbonyl (C=O) groups excluding carboxylic acids is 1. The van der Waals surface area contributed by atoms with Crippen LogP contribution in [0.4, 0.5) is 0 Å². The van der Waals surface area contributed by atoms with Crippen LogP contribution < -0.4 is 10.1 Å². The molecule has 1 amide bonds. The molecule has 1 unspecified atom stereocenters. The van der Waals surface area contributed by atoms with Gasteiger partial charge in [0.25, 0.3) is 0 Å². The van der Waals surface area contributed by atoms with Crippen LogP contribution in [0.25, 0.3) is 0 Å². The average molecular weight is 345 g/mol. The first-order valence-electron chi connectivity index (χ1n) is 8.01. The molecule has 134 valence electrons. The van der Waals surface area contributed by atoms with Gasteiger partial charge in [0.1, 0.15) is 5.75 Å². The molecule has 1 aromatic heterocycles. The van der Waals surface area contributed by atoms with Gasteiger partial charge in [0.2, 0.25) is 5.91 Å². The lowest BCUT2D eigenvalue weighted by molar-refractivity contribution is -0.139. The van der Waals surface area contributed by atoms with Gasteiger partial charge in [-0.05, 0) is 38.5 Å². The molecule has 7 nitrogen and oxygen atoms in total. The number of benzene rings is 1. The number of carbonyl (C=O) groups is 2. The molecule has 2 N–H and O–H groups in total. The van der Waals surface area contributed by atoms with E-state index in [4.69, 9.17) is 9.84 Å². The second-order valence-electron chi connectivity index (χ2n) is 5.98. The number of carboxylic acid groups (broad SMARTS) is 1. The van der Waals surface area contributed by atoms with Crippen molar-refractivity contribution in [1.82, 2.24) is 15.1 Å². The molecule has 0 bridgehead atoms. The van der Waals surface area contributed by atoms with Gasteiger partial charge in [-0.1, -0.05) is 12.1 Å². The highest BCUT2D eigenvalue weighted by molar-refractivity contribution is 5.83. The quantitative estimate of drug-likeness (QED) is 0.800. The molecule has 0 saturated heterocycles. The molecule has 0 spiro atoms. The van der Waals surface area contributed by atoms with Crippen molar-refractivity contribution in [1.29, 1.82) is 0 Å². The third kappa shape index (κ3) is 4.59. The molecule has 0 aliphatic rings. The van der Waals surface area contributed by atoms with Gasteiger partial charge < -0.3 is 15.2 Å². The molecule has 0 fully saturated rings. The third-order valence-corrected chi connectivity index (χ3v) is 4.12. The van der Waals surface area contributed by atoms with Crippen molar-refractivity contribution in [2.45, 2.75) is 33.2 Å². The zero-order valence-corrected chi connectivity index (χ0v) is 14.9. The molecular weight excluding hydrogens is 322 g/mol. The Balaban J connectivity index is 1.99. The maximum absolute atomic E-state index is 12.5. The lowest BCUT2D eigenvalue weighted by Crippen LogP contribution is -2.28. The van der Waals surface area contributed by atoms with E-state index in [1.54, 1.807) is 22.9 Å². The Morgan fingerprint density at radius 3 is 2.68 bits per heavy atom. The van der Waals surface area contributed by atoms with Gasteiger partial charge in [-0.2, -0.15) is 5.10 Å². The number of carboxylic acids is 1. The number of hydrogen-bond acceptors (Lipinski definition) is 4. The Morgan fingerprint density at radius 1 is 1.36 bits per heavy atom. The summed E-state index contributed by atoms with van der Waals surface area (Å²) in [6.07, 6.45) is 0. The normalized spacial score (nSPS) is 11.8. The summed E-state index contributed by atoms with van der Waals surface area (Å²) in [5, 5.41) is 15.9. The van der Waals surface area contributed by atoms with Crippen LogP contribution in [0.5, 0.6) is 5.75 Å². The van der Waals surface area contributed by atoms with Crippen LogP contribution in [0.1, 0.15) is 35.4 Å². The summed E-state index contributed by atoms with van der Waals surface area (Å²) in [5.74, 6) is -0.966. The van der Waals surface area contributed by atoms with E-state index in [-0.39, 0.29) is 11.8 Å². The van der Waals surface area contributed by atoms with Gasteiger partial charge in [0, 0.05) is 24.8 Å². The minimum absolute atomic E-state index is 0.0870. The van der Waals surface area contributed by atoms with Crippen molar-refractivity contribution in [2.24, 2.45) is 7.05 Å². The molecule has 7 heteroatoms. The van der Waals surface area contributed by atoms with E-state index in [2.05, 4.69) is 10.4 Å². The second kappa shape index (κ2) is 7.83. The summed E-state index contributed by atoms with van der Waals surface area (Å²) < 4.78 is 6.92. The summed E-state index contributed by atoms with van der Waals surface area (Å²) in [4.78, 5) is 23.0. The third-order valence-electron chi connectivity index (χ3n) is 4.12. The average Bonchev–Trinajstić information content (AvgIpc) is 2.83. The van der Waals surface area contributed by atoms with Gasteiger partial charge in [-0.15, -0.1) is 0 Å². The van der Waals surface area contributed by atoms with Crippen molar-refractivity contribution in [2.75, 3.05) is 6.61 Å². The molecule has 0 aliphatic heterocycles. The fraction of sp³-hybridized carbons (Fsp3) is 0.389. The maximum atomic E-state index is 12.5. The van der Waals surface area contributed by atoms with E-state index >= 15 is 0 Å². The predicted octanol–water partition coefficient (Wildman–Crippen LogP) is 1.92. The van der Waals surface area contributed by atoms with Gasteiger partial charge >= 0.3 is 5.97 Å². The largest absolute Gasteiger partial charge is 0.482 e. The summed E-state index contributed by atoms with van der Waals surface area (Å²) in [5.41, 5.74) is 3.61. The molecule has 0 radical (unpaired) electrons. The molecule has 0 aliphatic carbocycles. The van der Waals surface area contributed by atoms with E-state index in [1.165, 1.54) is 0 Å². The number of hydrogen-bond donors (Lipinski definition) is 2. The Hall–Kier alpha value is -2.83. The van der Waals surface area contributed by atoms with Crippen molar-refractivity contribution in [3.63, 3.8) is 0 Å². The monoisotopic (exact) mass is 345 g/mol. The first kappa shape index (κ1) is 18.5. The van der Waals surface area contributed by atoms with Crippen molar-refractivity contribution in [3.05, 3.63) is 46.8 Å².